The number of aliphatic hydroxyl groups is 1. The summed E-state index contributed by atoms with van der Waals surface area (Å²) in [5, 5.41) is 15.9. The number of nitrogens with one attached hydrogen (secondary N) is 2. The van der Waals surface area contributed by atoms with Crippen LogP contribution in [0.2, 0.25) is 18.6 Å². The fourth-order valence-electron chi connectivity index (χ4n) is 5.98. The molecule has 4 rings (SSSR count). The first-order valence-electron chi connectivity index (χ1n) is 11.6. The molecule has 3 aliphatic heterocycles. The predicted octanol–water partition coefficient (Wildman–Crippen LogP) is 1.78. The third kappa shape index (κ3) is 3.69. The summed E-state index contributed by atoms with van der Waals surface area (Å²) in [5.41, 5.74) is 0.680. The Morgan fingerprint density at radius 1 is 1.41 bits per heavy atom. The van der Waals surface area contributed by atoms with Crippen molar-refractivity contribution in [2.45, 2.75) is 56.5 Å². The van der Waals surface area contributed by atoms with Gasteiger partial charge in [-0.05, 0) is 57.1 Å². The number of nitrogens with zero attached hydrogens (tertiary/aromatic N) is 1. The minimum atomic E-state index is -2.70. The number of piperidine rings is 1. The lowest BCUT2D eigenvalue weighted by atomic mass is 9.82. The fourth-order valence-corrected chi connectivity index (χ4v) is 8.58. The zero-order valence-electron chi connectivity index (χ0n) is 19.4. The Morgan fingerprint density at radius 3 is 2.78 bits per heavy atom. The Morgan fingerprint density at radius 2 is 2.16 bits per heavy atom. The molecule has 4 N–H and O–H groups in total. The van der Waals surface area contributed by atoms with Gasteiger partial charge < -0.3 is 30.2 Å². The standard InChI is InChI=1S/C23H35N3O5Si/c1-14-20(32(3,4)30)19(9-11-27)31-23(14)17-12-16(7-8-18(17)26(2)22(23)29)25-21(28)15-6-5-10-24-13-15/h7-8,12,14-15,19-20,24,27,30H,5-6,9-11,13H2,1-4H3,(H,25,28)/t14-,15?,19+,20-,23+/m0/s1. The van der Waals surface area contributed by atoms with Crippen LogP contribution >= 0.6 is 0 Å². The van der Waals surface area contributed by atoms with Crippen molar-refractivity contribution < 1.29 is 24.2 Å². The Balaban J connectivity index is 1.71. The van der Waals surface area contributed by atoms with Crippen LogP contribution in [0.4, 0.5) is 11.4 Å². The molecule has 1 spiro atoms. The lowest BCUT2D eigenvalue weighted by molar-refractivity contribution is -0.146. The topological polar surface area (TPSA) is 111 Å². The summed E-state index contributed by atoms with van der Waals surface area (Å²) >= 11 is 0. The SMILES string of the molecule is C[C@H]1[C@H]([Si](C)(C)O)[C@@H](CCO)O[C@]12C(=O)N(C)c1ccc(NC(=O)C3CCCNC3)cc12. The number of benzene rings is 1. The number of likely N-dealkylation sites (N-methyl/N-ethyl adjacent to an activating group) is 1. The van der Waals surface area contributed by atoms with E-state index < -0.39 is 20.0 Å². The smallest absolute Gasteiger partial charge is 0.264 e. The average Bonchev–Trinajstić information content (AvgIpc) is 3.16. The van der Waals surface area contributed by atoms with Crippen LogP contribution in [0.5, 0.6) is 0 Å². The molecule has 3 heterocycles. The summed E-state index contributed by atoms with van der Waals surface area (Å²) in [5.74, 6) is -0.528. The zero-order chi connectivity index (χ0) is 23.3. The van der Waals surface area contributed by atoms with Crippen molar-refractivity contribution in [2.75, 3.05) is 37.0 Å². The summed E-state index contributed by atoms with van der Waals surface area (Å²) in [7, 11) is -0.970. The molecule has 8 nitrogen and oxygen atoms in total. The van der Waals surface area contributed by atoms with Gasteiger partial charge >= 0.3 is 0 Å². The highest BCUT2D eigenvalue weighted by Gasteiger charge is 2.65. The van der Waals surface area contributed by atoms with Crippen molar-refractivity contribution >= 4 is 31.5 Å². The maximum Gasteiger partial charge on any atom is 0.264 e. The van der Waals surface area contributed by atoms with Crippen LogP contribution in [-0.2, 0) is 19.9 Å². The van der Waals surface area contributed by atoms with Gasteiger partial charge in [-0.3, -0.25) is 9.59 Å². The number of aliphatic hydroxyl groups excluding tert-OH is 1. The van der Waals surface area contributed by atoms with E-state index in [0.29, 0.717) is 18.7 Å². The quantitative estimate of drug-likeness (QED) is 0.498. The maximum atomic E-state index is 13.6. The number of carbonyl (C=O) groups is 2. The van der Waals surface area contributed by atoms with E-state index in [1.54, 1.807) is 11.9 Å². The summed E-state index contributed by atoms with van der Waals surface area (Å²) in [4.78, 5) is 39.0. The summed E-state index contributed by atoms with van der Waals surface area (Å²) in [6.07, 6.45) is 1.79. The van der Waals surface area contributed by atoms with E-state index in [9.17, 15) is 19.5 Å². The Bertz CT molecular complexity index is 898. The van der Waals surface area contributed by atoms with Gasteiger partial charge in [-0.2, -0.15) is 0 Å². The van der Waals surface area contributed by atoms with Gasteiger partial charge in [0.15, 0.2) is 13.9 Å². The third-order valence-corrected chi connectivity index (χ3v) is 9.97. The minimum absolute atomic E-state index is 0.0239. The number of hydrogen-bond donors (Lipinski definition) is 4. The monoisotopic (exact) mass is 461 g/mol. The Hall–Kier alpha value is -1.78. The normalized spacial score (nSPS) is 32.4. The predicted molar refractivity (Wildman–Crippen MR) is 125 cm³/mol. The molecule has 0 bridgehead atoms. The van der Waals surface area contributed by atoms with E-state index in [1.165, 1.54) is 0 Å². The first-order chi connectivity index (χ1) is 15.1. The van der Waals surface area contributed by atoms with Crippen LogP contribution in [0.15, 0.2) is 18.2 Å². The third-order valence-electron chi connectivity index (χ3n) is 7.46. The Labute approximate surface area is 190 Å². The molecule has 0 aliphatic carbocycles. The molecule has 0 aromatic heterocycles. The molecule has 5 atom stereocenters. The molecule has 0 radical (unpaired) electrons. The molecule has 1 unspecified atom stereocenters. The molecule has 9 heteroatoms. The number of amides is 2. The van der Waals surface area contributed by atoms with Gasteiger partial charge in [0.2, 0.25) is 5.91 Å². The van der Waals surface area contributed by atoms with E-state index >= 15 is 0 Å². The molecular formula is C23H35N3O5Si. The van der Waals surface area contributed by atoms with Crippen molar-refractivity contribution in [2.24, 2.45) is 11.8 Å². The minimum Gasteiger partial charge on any atom is -0.432 e. The van der Waals surface area contributed by atoms with E-state index in [2.05, 4.69) is 10.6 Å². The lowest BCUT2D eigenvalue weighted by Gasteiger charge is -2.32. The maximum absolute atomic E-state index is 13.6. The van der Waals surface area contributed by atoms with E-state index in [4.69, 9.17) is 4.74 Å². The van der Waals surface area contributed by atoms with E-state index in [0.717, 1.165) is 30.6 Å². The molecule has 2 saturated heterocycles. The van der Waals surface area contributed by atoms with E-state index in [-0.39, 0.29) is 35.8 Å². The zero-order valence-corrected chi connectivity index (χ0v) is 20.4. The van der Waals surface area contributed by atoms with Crippen LogP contribution in [0, 0.1) is 11.8 Å². The number of carbonyl (C=O) groups excluding carboxylic acids is 2. The summed E-state index contributed by atoms with van der Waals surface area (Å²) < 4.78 is 6.49. The second-order valence-electron chi connectivity index (χ2n) is 10.0. The van der Waals surface area contributed by atoms with Crippen LogP contribution in [0.3, 0.4) is 0 Å². The van der Waals surface area contributed by atoms with Gasteiger partial charge in [-0.15, -0.1) is 0 Å². The van der Waals surface area contributed by atoms with Gasteiger partial charge in [-0.25, -0.2) is 0 Å². The molecule has 0 saturated carbocycles. The summed E-state index contributed by atoms with van der Waals surface area (Å²) in [6.45, 7) is 7.22. The first-order valence-corrected chi connectivity index (χ1v) is 14.6. The number of ether oxygens (including phenoxy) is 1. The highest BCUT2D eigenvalue weighted by molar-refractivity contribution is 6.71. The molecule has 2 amide bonds. The van der Waals surface area contributed by atoms with Gasteiger partial charge in [0, 0.05) is 42.9 Å². The van der Waals surface area contributed by atoms with Crippen molar-refractivity contribution in [3.8, 4) is 0 Å². The highest BCUT2D eigenvalue weighted by Crippen LogP contribution is 2.59. The second kappa shape index (κ2) is 8.53. The van der Waals surface area contributed by atoms with Crippen molar-refractivity contribution in [1.29, 1.82) is 0 Å². The number of anilines is 2. The largest absolute Gasteiger partial charge is 0.432 e. The van der Waals surface area contributed by atoms with Crippen molar-refractivity contribution in [3.05, 3.63) is 23.8 Å². The van der Waals surface area contributed by atoms with Gasteiger partial charge in [-0.1, -0.05) is 6.92 Å². The van der Waals surface area contributed by atoms with Crippen LogP contribution in [-0.4, -0.2) is 62.9 Å². The molecule has 2 fully saturated rings. The second-order valence-corrected chi connectivity index (χ2v) is 14.0. The van der Waals surface area contributed by atoms with Crippen LogP contribution in [0.1, 0.15) is 31.7 Å². The lowest BCUT2D eigenvalue weighted by Crippen LogP contribution is -2.45. The van der Waals surface area contributed by atoms with Gasteiger partial charge in [0.05, 0.1) is 17.7 Å². The molecule has 32 heavy (non-hydrogen) atoms. The van der Waals surface area contributed by atoms with Gasteiger partial charge in [0.1, 0.15) is 0 Å². The van der Waals surface area contributed by atoms with Gasteiger partial charge in [0.25, 0.3) is 5.91 Å². The highest BCUT2D eigenvalue weighted by atomic mass is 28.4. The molecule has 3 aliphatic rings. The number of hydrogen-bond acceptors (Lipinski definition) is 6. The fraction of sp³-hybridized carbons (Fsp3) is 0.652. The first kappa shape index (κ1) is 23.4. The van der Waals surface area contributed by atoms with Crippen molar-refractivity contribution in [3.63, 3.8) is 0 Å². The molecular weight excluding hydrogens is 426 g/mol. The number of rotatable bonds is 5. The Kier molecular flexibility index (Phi) is 6.23. The average molecular weight is 462 g/mol. The van der Waals surface area contributed by atoms with E-state index in [1.807, 2.05) is 38.2 Å². The van der Waals surface area contributed by atoms with Crippen LogP contribution in [0.25, 0.3) is 0 Å². The molecule has 1 aromatic rings. The molecule has 1 aromatic carbocycles. The van der Waals surface area contributed by atoms with Crippen LogP contribution < -0.4 is 15.5 Å². The van der Waals surface area contributed by atoms with Crippen molar-refractivity contribution in [1.82, 2.24) is 5.32 Å². The molecule has 176 valence electrons. The number of fused-ring (bicyclic) bond motifs is 2. The summed E-state index contributed by atoms with van der Waals surface area (Å²) in [6, 6.07) is 5.53.